The number of anilines is 1. The molecule has 1 saturated heterocycles. The van der Waals surface area contributed by atoms with Crippen molar-refractivity contribution in [3.63, 3.8) is 0 Å². The molecule has 20 heavy (non-hydrogen) atoms. The van der Waals surface area contributed by atoms with Gasteiger partial charge in [0, 0.05) is 37.7 Å². The second-order valence-electron chi connectivity index (χ2n) is 5.60. The Kier molecular flexibility index (Phi) is 3.72. The molecule has 0 aromatic carbocycles. The third kappa shape index (κ3) is 2.68. The Morgan fingerprint density at radius 3 is 2.40 bits per heavy atom. The third-order valence-electron chi connectivity index (χ3n) is 4.11. The van der Waals surface area contributed by atoms with E-state index in [1.807, 2.05) is 6.92 Å². The van der Waals surface area contributed by atoms with Gasteiger partial charge in [-0.25, -0.2) is 17.7 Å². The molecule has 0 unspecified atom stereocenters. The van der Waals surface area contributed by atoms with Crippen molar-refractivity contribution in [2.45, 2.75) is 43.9 Å². The molecule has 3 rings (SSSR count). The van der Waals surface area contributed by atoms with Crippen LogP contribution in [0.1, 0.15) is 31.5 Å². The number of hydrogen-bond donors (Lipinski definition) is 0. The highest BCUT2D eigenvalue weighted by molar-refractivity contribution is 7.90. The fourth-order valence-corrected chi connectivity index (χ4v) is 5.20. The Morgan fingerprint density at radius 2 is 1.90 bits per heavy atom. The lowest BCUT2D eigenvalue weighted by molar-refractivity contribution is 0.311. The van der Waals surface area contributed by atoms with E-state index >= 15 is 0 Å². The molecule has 112 valence electrons. The van der Waals surface area contributed by atoms with E-state index in [0.717, 1.165) is 49.7 Å². The monoisotopic (exact) mass is 316 g/mol. The van der Waals surface area contributed by atoms with Crippen molar-refractivity contribution in [1.29, 1.82) is 0 Å². The number of hydrogen-bond acceptors (Lipinski definition) is 6. The van der Waals surface area contributed by atoms with Crippen molar-refractivity contribution >= 4 is 26.7 Å². The molecule has 1 aliphatic heterocycles. The Hall–Kier alpha value is -0.730. The summed E-state index contributed by atoms with van der Waals surface area (Å²) < 4.78 is 30.3. The van der Waals surface area contributed by atoms with Crippen LogP contribution < -0.4 is 4.90 Å². The zero-order chi connectivity index (χ0) is 14.3. The second-order valence-corrected chi connectivity index (χ2v) is 8.61. The molecule has 0 spiro atoms. The lowest BCUT2D eigenvalue weighted by Gasteiger charge is -2.35. The van der Waals surface area contributed by atoms with Gasteiger partial charge in [-0.1, -0.05) is 0 Å². The molecule has 1 saturated carbocycles. The van der Waals surface area contributed by atoms with Crippen LogP contribution in [0.3, 0.4) is 0 Å². The maximum Gasteiger partial charge on any atom is 0.216 e. The van der Waals surface area contributed by atoms with E-state index in [-0.39, 0.29) is 11.3 Å². The summed E-state index contributed by atoms with van der Waals surface area (Å²) in [6.45, 7) is 3.59. The van der Waals surface area contributed by atoms with Crippen LogP contribution in [0.5, 0.6) is 0 Å². The van der Waals surface area contributed by atoms with Gasteiger partial charge >= 0.3 is 0 Å². The van der Waals surface area contributed by atoms with Crippen LogP contribution in [-0.2, 0) is 10.0 Å². The molecular formula is C12H20N4O2S2. The predicted molar refractivity (Wildman–Crippen MR) is 79.6 cm³/mol. The summed E-state index contributed by atoms with van der Waals surface area (Å²) in [6.07, 6.45) is 3.38. The van der Waals surface area contributed by atoms with E-state index in [4.69, 9.17) is 0 Å². The molecule has 1 aromatic heterocycles. The summed E-state index contributed by atoms with van der Waals surface area (Å²) in [4.78, 5) is 6.60. The molecular weight excluding hydrogens is 296 g/mol. The van der Waals surface area contributed by atoms with Gasteiger partial charge < -0.3 is 4.90 Å². The van der Waals surface area contributed by atoms with Gasteiger partial charge in [-0.15, -0.1) is 0 Å². The lowest BCUT2D eigenvalue weighted by Crippen LogP contribution is -2.46. The maximum atomic E-state index is 12.2. The van der Waals surface area contributed by atoms with E-state index < -0.39 is 10.0 Å². The van der Waals surface area contributed by atoms with Gasteiger partial charge in [0.1, 0.15) is 5.82 Å². The van der Waals surface area contributed by atoms with Crippen LogP contribution in [0.25, 0.3) is 0 Å². The van der Waals surface area contributed by atoms with Crippen molar-refractivity contribution in [2.75, 3.05) is 25.0 Å². The molecule has 8 heteroatoms. The molecule has 0 bridgehead atoms. The fourth-order valence-electron chi connectivity index (χ4n) is 2.64. The Bertz CT molecular complexity index is 574. The Morgan fingerprint density at radius 1 is 1.25 bits per heavy atom. The summed E-state index contributed by atoms with van der Waals surface area (Å²) in [5, 5.41) is 0.838. The molecule has 1 aromatic rings. The molecule has 2 aliphatic rings. The first-order chi connectivity index (χ1) is 9.48. The fraction of sp³-hybridized carbons (Fsp3) is 0.833. The average Bonchev–Trinajstić information content (AvgIpc) is 3.21. The minimum atomic E-state index is -3.05. The van der Waals surface area contributed by atoms with Crippen LogP contribution in [0.4, 0.5) is 5.13 Å². The van der Waals surface area contributed by atoms with Gasteiger partial charge in [0.05, 0.1) is 5.25 Å². The first-order valence-corrected chi connectivity index (χ1v) is 9.28. The smallest absolute Gasteiger partial charge is 0.216 e. The van der Waals surface area contributed by atoms with Crippen LogP contribution in [0.15, 0.2) is 0 Å². The molecule has 2 fully saturated rings. The zero-order valence-corrected chi connectivity index (χ0v) is 13.5. The number of sulfonamides is 1. The summed E-state index contributed by atoms with van der Waals surface area (Å²) in [7, 11) is -1.31. The standard InChI is InChI=1S/C12H20N4O2S2/c1-9-13-12(19-14-9)16-7-5-10(6-8-16)15(2)20(17,18)11-3-4-11/h10-11H,3-8H2,1-2H3. The van der Waals surface area contributed by atoms with E-state index in [1.165, 1.54) is 11.5 Å². The van der Waals surface area contributed by atoms with E-state index in [1.54, 1.807) is 11.4 Å². The van der Waals surface area contributed by atoms with Crippen molar-refractivity contribution in [2.24, 2.45) is 0 Å². The molecule has 6 nitrogen and oxygen atoms in total. The van der Waals surface area contributed by atoms with Crippen molar-refractivity contribution in [1.82, 2.24) is 13.7 Å². The normalized spacial score (nSPS) is 21.6. The van der Waals surface area contributed by atoms with E-state index in [0.29, 0.717) is 0 Å². The highest BCUT2D eigenvalue weighted by Crippen LogP contribution is 2.33. The maximum absolute atomic E-state index is 12.2. The Balaban J connectivity index is 1.61. The molecule has 0 atom stereocenters. The second kappa shape index (κ2) is 5.23. The Labute approximate surface area is 124 Å². The minimum Gasteiger partial charge on any atom is -0.347 e. The minimum absolute atomic E-state index is 0.114. The highest BCUT2D eigenvalue weighted by Gasteiger charge is 2.41. The molecule has 0 N–H and O–H groups in total. The van der Waals surface area contributed by atoms with Gasteiger partial charge in [-0.3, -0.25) is 0 Å². The van der Waals surface area contributed by atoms with Gasteiger partial charge in [0.15, 0.2) is 0 Å². The number of rotatable bonds is 4. The van der Waals surface area contributed by atoms with Crippen LogP contribution in [0.2, 0.25) is 0 Å². The van der Waals surface area contributed by atoms with E-state index in [9.17, 15) is 8.42 Å². The predicted octanol–water partition coefficient (Wildman–Crippen LogP) is 1.24. The first-order valence-electron chi connectivity index (χ1n) is 7.00. The number of piperidine rings is 1. The van der Waals surface area contributed by atoms with Crippen molar-refractivity contribution in [3.05, 3.63) is 5.82 Å². The van der Waals surface area contributed by atoms with Gasteiger partial charge in [0.2, 0.25) is 15.2 Å². The summed E-state index contributed by atoms with van der Waals surface area (Å²) in [6, 6.07) is 0.130. The number of aromatic nitrogens is 2. The topological polar surface area (TPSA) is 66.4 Å². The highest BCUT2D eigenvalue weighted by atomic mass is 32.2. The summed E-state index contributed by atoms with van der Waals surface area (Å²) >= 11 is 1.42. The SMILES string of the molecule is Cc1nsc(N2CCC(N(C)S(=O)(=O)C3CC3)CC2)n1. The zero-order valence-electron chi connectivity index (χ0n) is 11.8. The molecule has 0 amide bonds. The first kappa shape index (κ1) is 14.2. The summed E-state index contributed by atoms with van der Waals surface area (Å²) in [5.74, 6) is 0.806. The molecule has 1 aliphatic carbocycles. The number of nitrogens with zero attached hydrogens (tertiary/aromatic N) is 4. The van der Waals surface area contributed by atoms with Crippen molar-refractivity contribution < 1.29 is 8.42 Å². The van der Waals surface area contributed by atoms with E-state index in [2.05, 4.69) is 14.3 Å². The molecule has 2 heterocycles. The number of aryl methyl sites for hydroxylation is 1. The van der Waals surface area contributed by atoms with Crippen LogP contribution in [0, 0.1) is 6.92 Å². The van der Waals surface area contributed by atoms with Gasteiger partial charge in [-0.05, 0) is 32.6 Å². The van der Waals surface area contributed by atoms with Crippen LogP contribution >= 0.6 is 11.5 Å². The quantitative estimate of drug-likeness (QED) is 0.836. The average molecular weight is 316 g/mol. The molecule has 0 radical (unpaired) electrons. The van der Waals surface area contributed by atoms with Crippen LogP contribution in [-0.4, -0.2) is 53.5 Å². The lowest BCUT2D eigenvalue weighted by atomic mass is 10.1. The van der Waals surface area contributed by atoms with Gasteiger partial charge in [0.25, 0.3) is 0 Å². The van der Waals surface area contributed by atoms with Gasteiger partial charge in [-0.2, -0.15) is 4.37 Å². The largest absolute Gasteiger partial charge is 0.347 e. The van der Waals surface area contributed by atoms with Crippen molar-refractivity contribution in [3.8, 4) is 0 Å². The summed E-state index contributed by atoms with van der Waals surface area (Å²) in [5.41, 5.74) is 0. The third-order valence-corrected chi connectivity index (χ3v) is 7.40.